The van der Waals surface area contributed by atoms with Crippen LogP contribution in [0.25, 0.3) is 16.6 Å². The number of aromatic nitrogens is 2. The first-order valence-corrected chi connectivity index (χ1v) is 6.46. The van der Waals surface area contributed by atoms with E-state index in [1.54, 1.807) is 36.4 Å². The molecule has 0 saturated heterocycles. The Hall–Kier alpha value is -2.33. The number of nitrogens with zero attached hydrogens (tertiary/aromatic N) is 1. The second-order valence-corrected chi connectivity index (χ2v) is 5.04. The van der Waals surface area contributed by atoms with Crippen molar-refractivity contribution < 1.29 is 0 Å². The predicted molar refractivity (Wildman–Crippen MR) is 79.9 cm³/mol. The Morgan fingerprint density at radius 2 is 1.90 bits per heavy atom. The van der Waals surface area contributed by atoms with E-state index in [0.717, 1.165) is 10.1 Å². The third kappa shape index (κ3) is 2.04. The van der Waals surface area contributed by atoms with Crippen molar-refractivity contribution in [3.05, 3.63) is 73.9 Å². The fraction of sp³-hybridized carbons (Fsp3) is 0.0667. The maximum atomic E-state index is 12.5. The topological polar surface area (TPSA) is 54.9 Å². The Kier molecular flexibility index (Phi) is 2.95. The fourth-order valence-corrected chi connectivity index (χ4v) is 2.36. The highest BCUT2D eigenvalue weighted by Gasteiger charge is 2.09. The number of fused-ring (bicyclic) bond motifs is 1. The summed E-state index contributed by atoms with van der Waals surface area (Å²) in [4.78, 5) is 27.3. The minimum absolute atomic E-state index is 0.352. The summed E-state index contributed by atoms with van der Waals surface area (Å²) in [5, 5.41) is 0.947. The van der Waals surface area contributed by atoms with Gasteiger partial charge in [0.05, 0.1) is 16.6 Å². The van der Waals surface area contributed by atoms with Crippen LogP contribution in [-0.4, -0.2) is 9.55 Å². The van der Waals surface area contributed by atoms with Gasteiger partial charge in [0.2, 0.25) is 0 Å². The van der Waals surface area contributed by atoms with Crippen molar-refractivity contribution in [3.63, 3.8) is 0 Å². The summed E-state index contributed by atoms with van der Waals surface area (Å²) in [6.07, 6.45) is 0. The number of benzene rings is 2. The molecule has 0 aliphatic rings. The molecule has 0 spiro atoms. The molecule has 0 radical (unpaired) electrons. The van der Waals surface area contributed by atoms with E-state index in [1.165, 1.54) is 0 Å². The van der Waals surface area contributed by atoms with Crippen LogP contribution in [0.5, 0.6) is 0 Å². The highest BCUT2D eigenvalue weighted by molar-refractivity contribution is 6.30. The van der Waals surface area contributed by atoms with Gasteiger partial charge in [-0.2, -0.15) is 0 Å². The molecule has 4 nitrogen and oxygen atoms in total. The number of aryl methyl sites for hydroxylation is 1. The van der Waals surface area contributed by atoms with Crippen LogP contribution in [0, 0.1) is 6.92 Å². The van der Waals surface area contributed by atoms with Crippen LogP contribution in [0.2, 0.25) is 5.02 Å². The Morgan fingerprint density at radius 1 is 1.10 bits per heavy atom. The molecule has 0 amide bonds. The lowest BCUT2D eigenvalue weighted by molar-refractivity contribution is 0.901. The third-order valence-corrected chi connectivity index (χ3v) is 3.35. The molecule has 0 saturated carbocycles. The lowest BCUT2D eigenvalue weighted by Gasteiger charge is -2.07. The standard InChI is InChI=1S/C15H11ClN2O2/c1-9-5-6-13-12(7-9)14(19)18(15(20)17-13)11-4-2-3-10(16)8-11/h2-8H,1H3,(H,17,20). The summed E-state index contributed by atoms with van der Waals surface area (Å²) in [5.74, 6) is 0. The first-order valence-electron chi connectivity index (χ1n) is 6.08. The molecule has 100 valence electrons. The van der Waals surface area contributed by atoms with Gasteiger partial charge in [-0.1, -0.05) is 29.3 Å². The van der Waals surface area contributed by atoms with Gasteiger partial charge in [-0.15, -0.1) is 0 Å². The lowest BCUT2D eigenvalue weighted by Crippen LogP contribution is -2.33. The van der Waals surface area contributed by atoms with Gasteiger partial charge in [-0.25, -0.2) is 9.36 Å². The van der Waals surface area contributed by atoms with Gasteiger partial charge in [0, 0.05) is 5.02 Å². The molecule has 0 aliphatic heterocycles. The lowest BCUT2D eigenvalue weighted by atomic mass is 10.1. The number of hydrogen-bond acceptors (Lipinski definition) is 2. The average molecular weight is 287 g/mol. The van der Waals surface area contributed by atoms with E-state index in [0.29, 0.717) is 21.6 Å². The minimum Gasteiger partial charge on any atom is -0.306 e. The van der Waals surface area contributed by atoms with E-state index in [1.807, 2.05) is 13.0 Å². The normalized spacial score (nSPS) is 10.9. The van der Waals surface area contributed by atoms with Crippen molar-refractivity contribution in [2.24, 2.45) is 0 Å². The van der Waals surface area contributed by atoms with Crippen molar-refractivity contribution in [2.45, 2.75) is 6.92 Å². The second kappa shape index (κ2) is 4.65. The molecule has 1 heterocycles. The molecule has 20 heavy (non-hydrogen) atoms. The largest absolute Gasteiger partial charge is 0.333 e. The van der Waals surface area contributed by atoms with Crippen LogP contribution < -0.4 is 11.2 Å². The zero-order valence-corrected chi connectivity index (χ0v) is 11.4. The summed E-state index contributed by atoms with van der Waals surface area (Å²) in [6.45, 7) is 1.90. The number of aromatic amines is 1. The highest BCUT2D eigenvalue weighted by atomic mass is 35.5. The fourth-order valence-electron chi connectivity index (χ4n) is 2.18. The Morgan fingerprint density at radius 3 is 2.65 bits per heavy atom. The first-order chi connectivity index (χ1) is 9.56. The van der Waals surface area contributed by atoms with Gasteiger partial charge in [0.25, 0.3) is 5.56 Å². The van der Waals surface area contributed by atoms with Crippen molar-refractivity contribution in [1.29, 1.82) is 0 Å². The predicted octanol–water partition coefficient (Wildman–Crippen LogP) is 2.64. The van der Waals surface area contributed by atoms with Gasteiger partial charge in [-0.05, 0) is 37.3 Å². The molecule has 0 unspecified atom stereocenters. The van der Waals surface area contributed by atoms with Crippen LogP contribution in [0.4, 0.5) is 0 Å². The van der Waals surface area contributed by atoms with Gasteiger partial charge < -0.3 is 4.98 Å². The van der Waals surface area contributed by atoms with Crippen LogP contribution in [-0.2, 0) is 0 Å². The molecule has 0 atom stereocenters. The molecule has 5 heteroatoms. The summed E-state index contributed by atoms with van der Waals surface area (Å²) < 4.78 is 1.09. The minimum atomic E-state index is -0.478. The molecule has 2 aromatic carbocycles. The molecule has 1 aromatic heterocycles. The van der Waals surface area contributed by atoms with E-state index in [-0.39, 0.29) is 5.56 Å². The number of hydrogen-bond donors (Lipinski definition) is 1. The third-order valence-electron chi connectivity index (χ3n) is 3.12. The molecule has 0 aliphatic carbocycles. The van der Waals surface area contributed by atoms with E-state index >= 15 is 0 Å². The summed E-state index contributed by atoms with van der Waals surface area (Å²) in [6, 6.07) is 12.0. The Bertz CT molecular complexity index is 925. The monoisotopic (exact) mass is 286 g/mol. The average Bonchev–Trinajstić information content (AvgIpc) is 2.40. The molecule has 1 N–H and O–H groups in total. The van der Waals surface area contributed by atoms with Gasteiger partial charge in [-0.3, -0.25) is 4.79 Å². The number of H-pyrrole nitrogens is 1. The van der Waals surface area contributed by atoms with Gasteiger partial charge >= 0.3 is 5.69 Å². The first kappa shape index (κ1) is 12.7. The SMILES string of the molecule is Cc1ccc2[nH]c(=O)n(-c3cccc(Cl)c3)c(=O)c2c1. The van der Waals surface area contributed by atoms with Crippen LogP contribution in [0.15, 0.2) is 52.1 Å². The molecular formula is C15H11ClN2O2. The van der Waals surface area contributed by atoms with E-state index < -0.39 is 5.69 Å². The van der Waals surface area contributed by atoms with Crippen LogP contribution in [0.1, 0.15) is 5.56 Å². The summed E-state index contributed by atoms with van der Waals surface area (Å²) in [7, 11) is 0. The molecular weight excluding hydrogens is 276 g/mol. The van der Waals surface area contributed by atoms with E-state index in [9.17, 15) is 9.59 Å². The Labute approximate surface area is 119 Å². The van der Waals surface area contributed by atoms with E-state index in [2.05, 4.69) is 4.98 Å². The zero-order chi connectivity index (χ0) is 14.3. The molecule has 3 rings (SSSR count). The van der Waals surface area contributed by atoms with Crippen molar-refractivity contribution in [3.8, 4) is 5.69 Å². The van der Waals surface area contributed by atoms with E-state index in [4.69, 9.17) is 11.6 Å². The smallest absolute Gasteiger partial charge is 0.306 e. The van der Waals surface area contributed by atoms with Gasteiger partial charge in [0.1, 0.15) is 0 Å². The quantitative estimate of drug-likeness (QED) is 0.748. The maximum absolute atomic E-state index is 12.5. The van der Waals surface area contributed by atoms with Gasteiger partial charge in [0.15, 0.2) is 0 Å². The Balaban J connectivity index is 2.42. The molecule has 0 bridgehead atoms. The number of halogens is 1. The number of nitrogens with one attached hydrogen (secondary N) is 1. The van der Waals surface area contributed by atoms with Crippen molar-refractivity contribution in [2.75, 3.05) is 0 Å². The highest BCUT2D eigenvalue weighted by Crippen LogP contribution is 2.13. The van der Waals surface area contributed by atoms with Crippen molar-refractivity contribution in [1.82, 2.24) is 9.55 Å². The zero-order valence-electron chi connectivity index (χ0n) is 10.7. The van der Waals surface area contributed by atoms with Crippen LogP contribution >= 0.6 is 11.6 Å². The maximum Gasteiger partial charge on any atom is 0.333 e. The summed E-state index contributed by atoms with van der Waals surface area (Å²) >= 11 is 5.92. The molecule has 3 aromatic rings. The second-order valence-electron chi connectivity index (χ2n) is 4.60. The van der Waals surface area contributed by atoms with Crippen LogP contribution in [0.3, 0.4) is 0 Å². The molecule has 0 fully saturated rings. The van der Waals surface area contributed by atoms with Crippen molar-refractivity contribution >= 4 is 22.5 Å². The number of rotatable bonds is 1. The summed E-state index contributed by atoms with van der Waals surface area (Å²) in [5.41, 5.74) is 1.11.